The summed E-state index contributed by atoms with van der Waals surface area (Å²) in [4.78, 5) is 18.8. The van der Waals surface area contributed by atoms with Crippen molar-refractivity contribution in [3.05, 3.63) is 58.0 Å². The lowest BCUT2D eigenvalue weighted by atomic mass is 10.1. The number of hydrogen-bond acceptors (Lipinski definition) is 4. The Kier molecular flexibility index (Phi) is 4.90. The van der Waals surface area contributed by atoms with Gasteiger partial charge in [0.25, 0.3) is 5.56 Å². The van der Waals surface area contributed by atoms with E-state index in [1.54, 1.807) is 29.6 Å². The van der Waals surface area contributed by atoms with Crippen LogP contribution < -0.4 is 5.56 Å². The van der Waals surface area contributed by atoms with E-state index < -0.39 is 0 Å². The van der Waals surface area contributed by atoms with Crippen molar-refractivity contribution in [2.24, 2.45) is 0 Å². The molecule has 0 radical (unpaired) electrons. The van der Waals surface area contributed by atoms with E-state index in [2.05, 4.69) is 9.97 Å². The third kappa shape index (κ3) is 3.92. The van der Waals surface area contributed by atoms with E-state index in [-0.39, 0.29) is 5.56 Å². The van der Waals surface area contributed by atoms with Gasteiger partial charge in [0.2, 0.25) is 0 Å². The molecular formula is C13H14N2OS2. The number of rotatable bonds is 5. The smallest absolute Gasteiger partial charge is 0.251 e. The van der Waals surface area contributed by atoms with Crippen LogP contribution in [0.3, 0.4) is 0 Å². The number of aromatic nitrogens is 2. The number of thioether (sulfide) groups is 2. The normalized spacial score (nSPS) is 10.5. The predicted octanol–water partition coefficient (Wildman–Crippen LogP) is 2.77. The summed E-state index contributed by atoms with van der Waals surface area (Å²) in [5.41, 5.74) is 1.89. The first-order valence-electron chi connectivity index (χ1n) is 5.54. The van der Waals surface area contributed by atoms with Crippen LogP contribution in [0.25, 0.3) is 0 Å². The second-order valence-corrected chi connectivity index (χ2v) is 5.95. The van der Waals surface area contributed by atoms with Crippen molar-refractivity contribution in [3.8, 4) is 0 Å². The quantitative estimate of drug-likeness (QED) is 0.519. The lowest BCUT2D eigenvalue weighted by Crippen LogP contribution is -2.10. The molecule has 1 aromatic carbocycles. The summed E-state index contributed by atoms with van der Waals surface area (Å²) < 4.78 is 0. The number of aromatic amines is 1. The fraction of sp³-hybridized carbons (Fsp3) is 0.231. The standard InChI is InChI=1S/C13H14N2OS2/c1-17-9-18-13-14-11(8-12(16)15-13)7-10-5-3-2-4-6-10/h2-6,8H,7,9H2,1H3,(H,14,15,16). The van der Waals surface area contributed by atoms with Gasteiger partial charge in [0.05, 0.1) is 5.69 Å². The molecule has 3 nitrogen and oxygen atoms in total. The van der Waals surface area contributed by atoms with E-state index in [1.807, 2.05) is 36.6 Å². The minimum Gasteiger partial charge on any atom is -0.301 e. The summed E-state index contributed by atoms with van der Waals surface area (Å²) in [5, 5.41) is 1.58. The summed E-state index contributed by atoms with van der Waals surface area (Å²) in [6.45, 7) is 0. The Morgan fingerprint density at radius 2 is 2.06 bits per heavy atom. The van der Waals surface area contributed by atoms with Crippen molar-refractivity contribution >= 4 is 23.5 Å². The highest BCUT2D eigenvalue weighted by Gasteiger charge is 2.03. The van der Waals surface area contributed by atoms with Gasteiger partial charge in [0.1, 0.15) is 0 Å². The molecule has 0 aliphatic heterocycles. The van der Waals surface area contributed by atoms with Gasteiger partial charge in [-0.2, -0.15) is 11.8 Å². The van der Waals surface area contributed by atoms with Crippen LogP contribution in [0.2, 0.25) is 0 Å². The number of H-pyrrole nitrogens is 1. The van der Waals surface area contributed by atoms with Gasteiger partial charge in [0.15, 0.2) is 5.16 Å². The van der Waals surface area contributed by atoms with Gasteiger partial charge in [-0.15, -0.1) is 0 Å². The van der Waals surface area contributed by atoms with Crippen LogP contribution in [0.15, 0.2) is 46.3 Å². The molecule has 1 N–H and O–H groups in total. The van der Waals surface area contributed by atoms with Gasteiger partial charge in [0, 0.05) is 17.6 Å². The maximum absolute atomic E-state index is 11.5. The van der Waals surface area contributed by atoms with Crippen LogP contribution in [0, 0.1) is 0 Å². The van der Waals surface area contributed by atoms with Crippen LogP contribution >= 0.6 is 23.5 Å². The van der Waals surface area contributed by atoms with E-state index in [4.69, 9.17) is 0 Å². The first kappa shape index (κ1) is 13.2. The molecule has 0 amide bonds. The highest BCUT2D eigenvalue weighted by Crippen LogP contribution is 2.16. The lowest BCUT2D eigenvalue weighted by Gasteiger charge is -2.03. The highest BCUT2D eigenvalue weighted by molar-refractivity contribution is 8.15. The molecule has 1 aromatic heterocycles. The summed E-state index contributed by atoms with van der Waals surface area (Å²) in [6, 6.07) is 11.6. The molecule has 1 heterocycles. The van der Waals surface area contributed by atoms with Gasteiger partial charge in [-0.3, -0.25) is 4.79 Å². The van der Waals surface area contributed by atoms with E-state index in [9.17, 15) is 4.79 Å². The molecule has 0 spiro atoms. The molecule has 5 heteroatoms. The number of nitrogens with zero attached hydrogens (tertiary/aromatic N) is 1. The van der Waals surface area contributed by atoms with Gasteiger partial charge in [-0.25, -0.2) is 4.98 Å². The molecule has 0 aliphatic rings. The fourth-order valence-electron chi connectivity index (χ4n) is 1.56. The van der Waals surface area contributed by atoms with Crippen molar-refractivity contribution in [1.29, 1.82) is 0 Å². The predicted molar refractivity (Wildman–Crippen MR) is 78.3 cm³/mol. The Labute approximate surface area is 114 Å². The third-order valence-corrected chi connectivity index (χ3v) is 4.20. The van der Waals surface area contributed by atoms with E-state index in [0.717, 1.165) is 16.3 Å². The second kappa shape index (κ2) is 6.66. The second-order valence-electron chi connectivity index (χ2n) is 3.76. The maximum Gasteiger partial charge on any atom is 0.251 e. The molecule has 2 rings (SSSR count). The molecule has 0 saturated carbocycles. The molecule has 0 atom stereocenters. The minimum absolute atomic E-state index is 0.0838. The topological polar surface area (TPSA) is 45.8 Å². The Balaban J connectivity index is 2.18. The molecule has 0 unspecified atom stereocenters. The molecule has 0 bridgehead atoms. The first-order chi connectivity index (χ1) is 8.78. The minimum atomic E-state index is -0.0838. The van der Waals surface area contributed by atoms with Crippen molar-refractivity contribution in [3.63, 3.8) is 0 Å². The van der Waals surface area contributed by atoms with Crippen molar-refractivity contribution in [1.82, 2.24) is 9.97 Å². The zero-order valence-electron chi connectivity index (χ0n) is 10.1. The Morgan fingerprint density at radius 3 is 2.78 bits per heavy atom. The Hall–Kier alpha value is -1.20. The molecular weight excluding hydrogens is 264 g/mol. The van der Waals surface area contributed by atoms with Gasteiger partial charge < -0.3 is 4.98 Å². The zero-order valence-corrected chi connectivity index (χ0v) is 11.7. The van der Waals surface area contributed by atoms with Crippen LogP contribution in [0.5, 0.6) is 0 Å². The van der Waals surface area contributed by atoms with Gasteiger partial charge >= 0.3 is 0 Å². The Morgan fingerprint density at radius 1 is 1.28 bits per heavy atom. The summed E-state index contributed by atoms with van der Waals surface area (Å²) in [7, 11) is 0. The Bertz CT molecular complexity index is 554. The van der Waals surface area contributed by atoms with E-state index in [1.165, 1.54) is 0 Å². The fourth-order valence-corrected chi connectivity index (χ4v) is 2.83. The molecule has 0 aliphatic carbocycles. The largest absolute Gasteiger partial charge is 0.301 e. The third-order valence-electron chi connectivity index (χ3n) is 2.31. The monoisotopic (exact) mass is 278 g/mol. The van der Waals surface area contributed by atoms with Crippen molar-refractivity contribution < 1.29 is 0 Å². The highest BCUT2D eigenvalue weighted by atomic mass is 32.2. The number of benzene rings is 1. The molecule has 2 aromatic rings. The average molecular weight is 278 g/mol. The summed E-state index contributed by atoms with van der Waals surface area (Å²) >= 11 is 3.27. The summed E-state index contributed by atoms with van der Waals surface area (Å²) in [5.74, 6) is 0. The zero-order chi connectivity index (χ0) is 12.8. The number of hydrogen-bond donors (Lipinski definition) is 1. The van der Waals surface area contributed by atoms with E-state index >= 15 is 0 Å². The maximum atomic E-state index is 11.5. The van der Waals surface area contributed by atoms with Crippen LogP contribution in [0.4, 0.5) is 0 Å². The van der Waals surface area contributed by atoms with Crippen molar-refractivity contribution in [2.45, 2.75) is 11.6 Å². The van der Waals surface area contributed by atoms with Crippen LogP contribution in [-0.2, 0) is 6.42 Å². The molecule has 0 saturated heterocycles. The van der Waals surface area contributed by atoms with Crippen molar-refractivity contribution in [2.75, 3.05) is 11.3 Å². The molecule has 94 valence electrons. The van der Waals surface area contributed by atoms with Crippen LogP contribution in [-0.4, -0.2) is 21.3 Å². The summed E-state index contributed by atoms with van der Waals surface area (Å²) in [6.07, 6.45) is 2.72. The SMILES string of the molecule is CSCSc1nc(Cc2ccccc2)cc(=O)[nH]1. The average Bonchev–Trinajstić information content (AvgIpc) is 2.37. The first-order valence-corrected chi connectivity index (χ1v) is 7.92. The lowest BCUT2D eigenvalue weighted by molar-refractivity contribution is 0.881. The molecule has 18 heavy (non-hydrogen) atoms. The van der Waals surface area contributed by atoms with E-state index in [0.29, 0.717) is 11.6 Å². The molecule has 0 fully saturated rings. The van der Waals surface area contributed by atoms with Gasteiger partial charge in [-0.05, 0) is 11.8 Å². The van der Waals surface area contributed by atoms with Crippen LogP contribution in [0.1, 0.15) is 11.3 Å². The number of nitrogens with one attached hydrogen (secondary N) is 1. The van der Waals surface area contributed by atoms with Gasteiger partial charge in [-0.1, -0.05) is 42.1 Å².